The van der Waals surface area contributed by atoms with E-state index in [1.54, 1.807) is 7.05 Å². The number of guanidine groups is 1. The summed E-state index contributed by atoms with van der Waals surface area (Å²) in [5, 5.41) is 6.51. The number of aliphatic imine (C=N–C) groups is 1. The minimum atomic E-state index is -4.07. The average molecular weight is 383 g/mol. The SMILES string of the molecule is CN=C(NCc1ccccc1OCC1CC1)NC1CCC(C(F)(F)F)CC1. The first-order valence-corrected chi connectivity index (χ1v) is 9.70. The Hall–Kier alpha value is -1.92. The zero-order valence-corrected chi connectivity index (χ0v) is 15.7. The first-order chi connectivity index (χ1) is 13.0. The summed E-state index contributed by atoms with van der Waals surface area (Å²) >= 11 is 0. The minimum Gasteiger partial charge on any atom is -0.493 e. The van der Waals surface area contributed by atoms with Crippen molar-refractivity contribution in [3.05, 3.63) is 29.8 Å². The predicted octanol–water partition coefficient (Wildman–Crippen LogP) is 4.26. The number of halogens is 3. The number of benzene rings is 1. The molecular formula is C20H28F3N3O. The molecule has 0 aromatic heterocycles. The van der Waals surface area contributed by atoms with E-state index in [0.29, 0.717) is 31.3 Å². The smallest absolute Gasteiger partial charge is 0.391 e. The van der Waals surface area contributed by atoms with Crippen LogP contribution in [0.15, 0.2) is 29.3 Å². The van der Waals surface area contributed by atoms with Gasteiger partial charge < -0.3 is 15.4 Å². The van der Waals surface area contributed by atoms with Crippen molar-refractivity contribution in [1.29, 1.82) is 0 Å². The first-order valence-electron chi connectivity index (χ1n) is 9.70. The van der Waals surface area contributed by atoms with Crippen molar-refractivity contribution in [3.8, 4) is 5.75 Å². The Labute approximate surface area is 158 Å². The van der Waals surface area contributed by atoms with Crippen molar-refractivity contribution in [2.45, 2.75) is 57.3 Å². The van der Waals surface area contributed by atoms with Gasteiger partial charge in [-0.05, 0) is 50.5 Å². The zero-order chi connectivity index (χ0) is 19.3. The number of hydrogen-bond acceptors (Lipinski definition) is 2. The van der Waals surface area contributed by atoms with Crippen molar-refractivity contribution in [3.63, 3.8) is 0 Å². The molecule has 27 heavy (non-hydrogen) atoms. The summed E-state index contributed by atoms with van der Waals surface area (Å²) in [5.41, 5.74) is 1.04. The second kappa shape index (κ2) is 8.85. The second-order valence-electron chi connectivity index (χ2n) is 7.52. The summed E-state index contributed by atoms with van der Waals surface area (Å²) in [5.74, 6) is 1.01. The van der Waals surface area contributed by atoms with Gasteiger partial charge in [-0.25, -0.2) is 0 Å². The number of nitrogens with one attached hydrogen (secondary N) is 2. The number of ether oxygens (including phenoxy) is 1. The molecule has 2 aliphatic carbocycles. The molecule has 0 atom stereocenters. The second-order valence-corrected chi connectivity index (χ2v) is 7.52. The van der Waals surface area contributed by atoms with Crippen LogP contribution in [0, 0.1) is 11.8 Å². The van der Waals surface area contributed by atoms with Gasteiger partial charge in [0.15, 0.2) is 5.96 Å². The molecule has 0 saturated heterocycles. The molecule has 2 aliphatic rings. The highest BCUT2D eigenvalue weighted by Gasteiger charge is 2.41. The third-order valence-electron chi connectivity index (χ3n) is 5.34. The normalized spacial score (nSPS) is 23.8. The van der Waals surface area contributed by atoms with Gasteiger partial charge in [0.25, 0.3) is 0 Å². The van der Waals surface area contributed by atoms with E-state index in [1.807, 2.05) is 24.3 Å². The summed E-state index contributed by atoms with van der Waals surface area (Å²) in [4.78, 5) is 4.21. The number of nitrogens with zero attached hydrogens (tertiary/aromatic N) is 1. The molecule has 0 amide bonds. The first kappa shape index (κ1) is 19.8. The van der Waals surface area contributed by atoms with Crippen LogP contribution in [0.2, 0.25) is 0 Å². The van der Waals surface area contributed by atoms with E-state index in [0.717, 1.165) is 17.9 Å². The van der Waals surface area contributed by atoms with Gasteiger partial charge in [-0.2, -0.15) is 13.2 Å². The van der Waals surface area contributed by atoms with Gasteiger partial charge in [0, 0.05) is 25.2 Å². The van der Waals surface area contributed by atoms with Crippen LogP contribution in [0.5, 0.6) is 5.75 Å². The molecule has 0 aliphatic heterocycles. The van der Waals surface area contributed by atoms with Gasteiger partial charge >= 0.3 is 6.18 Å². The number of hydrogen-bond donors (Lipinski definition) is 2. The summed E-state index contributed by atoms with van der Waals surface area (Å²) in [6.07, 6.45) is -0.222. The van der Waals surface area contributed by atoms with E-state index in [2.05, 4.69) is 15.6 Å². The fourth-order valence-corrected chi connectivity index (χ4v) is 3.41. The molecule has 7 heteroatoms. The molecular weight excluding hydrogens is 355 g/mol. The van der Waals surface area contributed by atoms with E-state index in [4.69, 9.17) is 4.74 Å². The molecule has 150 valence electrons. The van der Waals surface area contributed by atoms with Crippen LogP contribution < -0.4 is 15.4 Å². The van der Waals surface area contributed by atoms with Crippen LogP contribution in [0.1, 0.15) is 44.1 Å². The van der Waals surface area contributed by atoms with Crippen molar-refractivity contribution >= 4 is 5.96 Å². The summed E-state index contributed by atoms with van der Waals surface area (Å²) in [6, 6.07) is 7.93. The molecule has 0 radical (unpaired) electrons. The fourth-order valence-electron chi connectivity index (χ4n) is 3.41. The van der Waals surface area contributed by atoms with Crippen molar-refractivity contribution in [1.82, 2.24) is 10.6 Å². The molecule has 0 heterocycles. The molecule has 0 bridgehead atoms. The van der Waals surface area contributed by atoms with Gasteiger partial charge in [0.2, 0.25) is 0 Å². The monoisotopic (exact) mass is 383 g/mol. The Morgan fingerprint density at radius 3 is 2.44 bits per heavy atom. The van der Waals surface area contributed by atoms with Crippen LogP contribution in [0.25, 0.3) is 0 Å². The molecule has 1 aromatic rings. The van der Waals surface area contributed by atoms with Crippen LogP contribution in [-0.4, -0.2) is 31.8 Å². The van der Waals surface area contributed by atoms with Crippen LogP contribution in [-0.2, 0) is 6.54 Å². The lowest BCUT2D eigenvalue weighted by Gasteiger charge is -2.31. The van der Waals surface area contributed by atoms with Crippen LogP contribution in [0.4, 0.5) is 13.2 Å². The average Bonchev–Trinajstić information content (AvgIpc) is 3.48. The summed E-state index contributed by atoms with van der Waals surface area (Å²) < 4.78 is 44.3. The quantitative estimate of drug-likeness (QED) is 0.570. The highest BCUT2D eigenvalue weighted by atomic mass is 19.4. The lowest BCUT2D eigenvalue weighted by atomic mass is 9.85. The van der Waals surface area contributed by atoms with Crippen molar-refractivity contribution in [2.24, 2.45) is 16.8 Å². The molecule has 4 nitrogen and oxygen atoms in total. The number of alkyl halides is 3. The van der Waals surface area contributed by atoms with E-state index >= 15 is 0 Å². The highest BCUT2D eigenvalue weighted by molar-refractivity contribution is 5.80. The highest BCUT2D eigenvalue weighted by Crippen LogP contribution is 2.37. The van der Waals surface area contributed by atoms with Gasteiger partial charge in [-0.1, -0.05) is 18.2 Å². The lowest BCUT2D eigenvalue weighted by Crippen LogP contribution is -2.45. The van der Waals surface area contributed by atoms with Crippen LogP contribution >= 0.6 is 0 Å². The lowest BCUT2D eigenvalue weighted by molar-refractivity contribution is -0.182. The maximum absolute atomic E-state index is 12.8. The molecule has 3 rings (SSSR count). The van der Waals surface area contributed by atoms with Crippen molar-refractivity contribution in [2.75, 3.05) is 13.7 Å². The van der Waals surface area contributed by atoms with Gasteiger partial charge in [-0.15, -0.1) is 0 Å². The van der Waals surface area contributed by atoms with E-state index in [-0.39, 0.29) is 18.9 Å². The molecule has 0 unspecified atom stereocenters. The third-order valence-corrected chi connectivity index (χ3v) is 5.34. The maximum Gasteiger partial charge on any atom is 0.391 e. The van der Waals surface area contributed by atoms with Gasteiger partial charge in [0.1, 0.15) is 5.75 Å². The Morgan fingerprint density at radius 2 is 1.81 bits per heavy atom. The third kappa shape index (κ3) is 6.04. The van der Waals surface area contributed by atoms with Gasteiger partial charge in [0.05, 0.1) is 12.5 Å². The molecule has 0 spiro atoms. The largest absolute Gasteiger partial charge is 0.493 e. The summed E-state index contributed by atoms with van der Waals surface area (Å²) in [6.45, 7) is 1.31. The van der Waals surface area contributed by atoms with E-state index < -0.39 is 12.1 Å². The fraction of sp³-hybridized carbons (Fsp3) is 0.650. The van der Waals surface area contributed by atoms with Crippen molar-refractivity contribution < 1.29 is 17.9 Å². The molecule has 2 saturated carbocycles. The molecule has 1 aromatic carbocycles. The summed E-state index contributed by atoms with van der Waals surface area (Å²) in [7, 11) is 1.67. The Morgan fingerprint density at radius 1 is 1.11 bits per heavy atom. The van der Waals surface area contributed by atoms with E-state index in [1.165, 1.54) is 12.8 Å². The van der Waals surface area contributed by atoms with Crippen LogP contribution in [0.3, 0.4) is 0 Å². The number of para-hydroxylation sites is 1. The zero-order valence-electron chi connectivity index (χ0n) is 15.7. The standard InChI is InChI=1S/C20H28F3N3O/c1-24-19(26-17-10-8-16(9-11-17)20(21,22)23)25-12-15-4-2-3-5-18(15)27-13-14-6-7-14/h2-5,14,16-17H,6-13H2,1H3,(H2,24,25,26). The Bertz CT molecular complexity index is 636. The Kier molecular flexibility index (Phi) is 6.50. The predicted molar refractivity (Wildman–Crippen MR) is 99.8 cm³/mol. The Balaban J connectivity index is 1.47. The number of rotatable bonds is 6. The molecule has 2 fully saturated rings. The van der Waals surface area contributed by atoms with E-state index in [9.17, 15) is 13.2 Å². The maximum atomic E-state index is 12.8. The molecule has 2 N–H and O–H groups in total. The minimum absolute atomic E-state index is 0.0242. The topological polar surface area (TPSA) is 45.7 Å². The van der Waals surface area contributed by atoms with Gasteiger partial charge in [-0.3, -0.25) is 4.99 Å².